The number of rotatable bonds is 6. The van der Waals surface area contributed by atoms with Crippen LogP contribution in [0, 0.1) is 25.6 Å². The Hall–Kier alpha value is -3.96. The Morgan fingerprint density at radius 1 is 1.20 bits per heavy atom. The molecule has 0 saturated carbocycles. The minimum Gasteiger partial charge on any atom is -0.484 e. The van der Waals surface area contributed by atoms with E-state index in [1.807, 2.05) is 36.2 Å². The monoisotopic (exact) mass is 479 g/mol. The first-order valence-corrected chi connectivity index (χ1v) is 11.3. The molecule has 1 aromatic heterocycles. The summed E-state index contributed by atoms with van der Waals surface area (Å²) in [5.74, 6) is -0.441. The van der Waals surface area contributed by atoms with Crippen LogP contribution in [0.5, 0.6) is 5.75 Å². The fraction of sp³-hybridized carbons (Fsp3) is 0.292. The summed E-state index contributed by atoms with van der Waals surface area (Å²) in [6.07, 6.45) is -0.997. The van der Waals surface area contributed by atoms with E-state index in [0.717, 1.165) is 11.3 Å². The number of hydrogen-bond acceptors (Lipinski definition) is 7. The van der Waals surface area contributed by atoms with Gasteiger partial charge in [-0.3, -0.25) is 19.9 Å². The van der Waals surface area contributed by atoms with Gasteiger partial charge in [-0.2, -0.15) is 5.10 Å². The Labute approximate surface area is 201 Å². The van der Waals surface area contributed by atoms with Gasteiger partial charge in [0.05, 0.1) is 17.3 Å². The SMILES string of the molecule is Cc1cccc(N2NCC3C(=O)NC(n4nc(C)cc4NC(=O)COc4ccc(F)cc4)NC32)c1. The number of fused-ring (bicyclic) bond motifs is 1. The first-order chi connectivity index (χ1) is 16.9. The zero-order chi connectivity index (χ0) is 24.5. The highest BCUT2D eigenvalue weighted by Crippen LogP contribution is 2.28. The van der Waals surface area contributed by atoms with Crippen LogP contribution in [0.25, 0.3) is 0 Å². The fourth-order valence-corrected chi connectivity index (χ4v) is 4.29. The third-order valence-corrected chi connectivity index (χ3v) is 5.92. The van der Waals surface area contributed by atoms with Gasteiger partial charge in [0, 0.05) is 12.6 Å². The Morgan fingerprint density at radius 2 is 2.00 bits per heavy atom. The maximum absolute atomic E-state index is 13.1. The molecule has 11 heteroatoms. The van der Waals surface area contributed by atoms with Crippen molar-refractivity contribution in [3.8, 4) is 5.75 Å². The number of hydrogen-bond donors (Lipinski definition) is 4. The minimum absolute atomic E-state index is 0.119. The molecule has 4 N–H and O–H groups in total. The van der Waals surface area contributed by atoms with E-state index in [9.17, 15) is 14.0 Å². The number of hydrazine groups is 1. The van der Waals surface area contributed by atoms with Gasteiger partial charge in [-0.05, 0) is 55.8 Å². The second-order valence-electron chi connectivity index (χ2n) is 8.61. The summed E-state index contributed by atoms with van der Waals surface area (Å²) >= 11 is 0. The molecule has 0 aliphatic carbocycles. The second kappa shape index (κ2) is 9.35. The predicted octanol–water partition coefficient (Wildman–Crippen LogP) is 1.80. The molecule has 0 spiro atoms. The molecule has 2 fully saturated rings. The Bertz CT molecular complexity index is 1250. The molecule has 2 aliphatic heterocycles. The maximum Gasteiger partial charge on any atom is 0.263 e. The van der Waals surface area contributed by atoms with Gasteiger partial charge in [0.2, 0.25) is 5.91 Å². The third-order valence-electron chi connectivity index (χ3n) is 5.92. The Kier molecular flexibility index (Phi) is 6.10. The highest BCUT2D eigenvalue weighted by molar-refractivity contribution is 5.91. The van der Waals surface area contributed by atoms with Gasteiger partial charge >= 0.3 is 0 Å². The van der Waals surface area contributed by atoms with Crippen LogP contribution in [0.3, 0.4) is 0 Å². The number of aryl methyl sites for hydroxylation is 2. The summed E-state index contributed by atoms with van der Waals surface area (Å²) in [4.78, 5) is 25.5. The molecule has 2 saturated heterocycles. The van der Waals surface area contributed by atoms with E-state index < -0.39 is 12.2 Å². The molecule has 2 amide bonds. The number of nitrogens with zero attached hydrogens (tertiary/aromatic N) is 3. The third kappa shape index (κ3) is 4.81. The van der Waals surface area contributed by atoms with E-state index in [-0.39, 0.29) is 30.4 Å². The van der Waals surface area contributed by atoms with Crippen LogP contribution in [0.15, 0.2) is 54.6 Å². The van der Waals surface area contributed by atoms with Crippen molar-refractivity contribution >= 4 is 23.3 Å². The van der Waals surface area contributed by atoms with Gasteiger partial charge in [-0.25, -0.2) is 14.5 Å². The number of nitrogens with one attached hydrogen (secondary N) is 4. The topological polar surface area (TPSA) is 113 Å². The molecule has 3 atom stereocenters. The average Bonchev–Trinajstić information content (AvgIpc) is 3.42. The van der Waals surface area contributed by atoms with Gasteiger partial charge in [-0.15, -0.1) is 0 Å². The summed E-state index contributed by atoms with van der Waals surface area (Å²) in [5.41, 5.74) is 6.02. The van der Waals surface area contributed by atoms with Crippen molar-refractivity contribution in [2.24, 2.45) is 5.92 Å². The van der Waals surface area contributed by atoms with E-state index in [1.165, 1.54) is 28.9 Å². The summed E-state index contributed by atoms with van der Waals surface area (Å²) in [7, 11) is 0. The normalized spacial score (nSPS) is 21.4. The Morgan fingerprint density at radius 3 is 2.77 bits per heavy atom. The summed E-state index contributed by atoms with van der Waals surface area (Å²) in [6, 6.07) is 15.1. The molecule has 2 aromatic carbocycles. The van der Waals surface area contributed by atoms with Gasteiger partial charge in [0.15, 0.2) is 12.9 Å². The van der Waals surface area contributed by atoms with E-state index in [1.54, 1.807) is 13.0 Å². The average molecular weight is 480 g/mol. The van der Waals surface area contributed by atoms with Crippen molar-refractivity contribution in [3.05, 3.63) is 71.7 Å². The van der Waals surface area contributed by atoms with Crippen LogP contribution >= 0.6 is 0 Å². The van der Waals surface area contributed by atoms with Crippen molar-refractivity contribution in [1.82, 2.24) is 25.8 Å². The Balaban J connectivity index is 1.30. The lowest BCUT2D eigenvalue weighted by atomic mass is 10.0. The van der Waals surface area contributed by atoms with Gasteiger partial charge < -0.3 is 15.4 Å². The maximum atomic E-state index is 13.1. The largest absolute Gasteiger partial charge is 0.484 e. The number of benzene rings is 2. The summed E-state index contributed by atoms with van der Waals surface area (Å²) in [5, 5.41) is 15.6. The van der Waals surface area contributed by atoms with Crippen molar-refractivity contribution in [2.45, 2.75) is 26.3 Å². The van der Waals surface area contributed by atoms with E-state index in [0.29, 0.717) is 23.8 Å². The van der Waals surface area contributed by atoms with Crippen LogP contribution in [-0.2, 0) is 9.59 Å². The van der Waals surface area contributed by atoms with Crippen molar-refractivity contribution in [1.29, 1.82) is 0 Å². The van der Waals surface area contributed by atoms with Crippen molar-refractivity contribution in [3.63, 3.8) is 0 Å². The standard InChI is InChI=1S/C24H26FN7O3/c1-14-4-3-5-17(10-14)31-22-19(12-26-31)23(34)29-24(28-22)32-20(11-15(2)30-32)27-21(33)13-35-18-8-6-16(25)7-9-18/h3-11,19,22,24,26,28H,12-13H2,1-2H3,(H,27,33)(H,29,34). The van der Waals surface area contributed by atoms with Crippen molar-refractivity contribution in [2.75, 3.05) is 23.5 Å². The highest BCUT2D eigenvalue weighted by atomic mass is 19.1. The smallest absolute Gasteiger partial charge is 0.263 e. The van der Waals surface area contributed by atoms with Crippen LogP contribution in [-0.4, -0.2) is 40.9 Å². The molecule has 5 rings (SSSR count). The number of carbonyl (C=O) groups excluding carboxylic acids is 2. The van der Waals surface area contributed by atoms with E-state index >= 15 is 0 Å². The first kappa shape index (κ1) is 22.8. The number of ether oxygens (including phenoxy) is 1. The molecule has 0 radical (unpaired) electrons. The molecule has 0 bridgehead atoms. The van der Waals surface area contributed by atoms with Gasteiger partial charge in [0.1, 0.15) is 23.6 Å². The molecule has 182 valence electrons. The molecular weight excluding hydrogens is 453 g/mol. The summed E-state index contributed by atoms with van der Waals surface area (Å²) < 4.78 is 20.0. The molecule has 10 nitrogen and oxygen atoms in total. The number of anilines is 2. The van der Waals surface area contributed by atoms with Crippen LogP contribution in [0.4, 0.5) is 15.9 Å². The first-order valence-electron chi connectivity index (χ1n) is 11.3. The van der Waals surface area contributed by atoms with Crippen LogP contribution < -0.4 is 31.1 Å². The number of aromatic nitrogens is 2. The lowest BCUT2D eigenvalue weighted by Gasteiger charge is -2.37. The molecule has 3 aromatic rings. The van der Waals surface area contributed by atoms with Crippen LogP contribution in [0.1, 0.15) is 17.5 Å². The number of halogens is 1. The zero-order valence-electron chi connectivity index (χ0n) is 19.3. The molecule has 35 heavy (non-hydrogen) atoms. The number of carbonyl (C=O) groups is 2. The predicted molar refractivity (Wildman–Crippen MR) is 127 cm³/mol. The quantitative estimate of drug-likeness (QED) is 0.427. The summed E-state index contributed by atoms with van der Waals surface area (Å²) in [6.45, 7) is 4.04. The van der Waals surface area contributed by atoms with E-state index in [2.05, 4.69) is 26.5 Å². The fourth-order valence-electron chi connectivity index (χ4n) is 4.29. The lowest BCUT2D eigenvalue weighted by Crippen LogP contribution is -2.61. The van der Waals surface area contributed by atoms with Crippen LogP contribution in [0.2, 0.25) is 0 Å². The zero-order valence-corrected chi connectivity index (χ0v) is 19.3. The lowest BCUT2D eigenvalue weighted by molar-refractivity contribution is -0.129. The van der Waals surface area contributed by atoms with Gasteiger partial charge in [0.25, 0.3) is 5.91 Å². The van der Waals surface area contributed by atoms with Gasteiger partial charge in [-0.1, -0.05) is 12.1 Å². The molecule has 3 unspecified atom stereocenters. The molecule has 2 aliphatic rings. The number of amides is 2. The van der Waals surface area contributed by atoms with E-state index in [4.69, 9.17) is 4.74 Å². The molecular formula is C24H26FN7O3. The molecule has 3 heterocycles. The highest BCUT2D eigenvalue weighted by Gasteiger charge is 2.45. The van der Waals surface area contributed by atoms with Crippen molar-refractivity contribution < 1.29 is 18.7 Å². The minimum atomic E-state index is -0.682. The second-order valence-corrected chi connectivity index (χ2v) is 8.61.